The summed E-state index contributed by atoms with van der Waals surface area (Å²) in [6.07, 6.45) is 0. The smallest absolute Gasteiger partial charge is 0.194 e. The summed E-state index contributed by atoms with van der Waals surface area (Å²) < 4.78 is 11.4. The molecule has 1 radical (unpaired) electrons. The van der Waals surface area contributed by atoms with Gasteiger partial charge in [0, 0.05) is 7.11 Å². The van der Waals surface area contributed by atoms with Gasteiger partial charge in [0.1, 0.15) is 0 Å². The van der Waals surface area contributed by atoms with Crippen molar-refractivity contribution >= 4 is 26.4 Å². The lowest BCUT2D eigenvalue weighted by Gasteiger charge is -2.22. The molecule has 0 aromatic carbocycles. The van der Waals surface area contributed by atoms with E-state index in [2.05, 4.69) is 32.7 Å². The number of hydrogen-bond acceptors (Lipinski definition) is 2. The predicted molar refractivity (Wildman–Crippen MR) is 65.7 cm³/mol. The molecule has 0 amide bonds. The van der Waals surface area contributed by atoms with Crippen LogP contribution in [-0.4, -0.2) is 33.5 Å². The van der Waals surface area contributed by atoms with Crippen molar-refractivity contribution in [1.29, 1.82) is 0 Å². The highest BCUT2D eigenvalue weighted by Crippen LogP contribution is 2.15. The van der Waals surface area contributed by atoms with Crippen molar-refractivity contribution in [3.05, 3.63) is 0 Å². The molecule has 5 heteroatoms. The van der Waals surface area contributed by atoms with Crippen LogP contribution < -0.4 is 0 Å². The Hall–Kier alpha value is 0.571. The monoisotopic (exact) mass is 235 g/mol. The molecular formula is C8H23O2Si3. The first-order valence-corrected chi connectivity index (χ1v) is 12.9. The highest BCUT2D eigenvalue weighted by Gasteiger charge is 2.22. The molecule has 0 heterocycles. The first-order valence-electron chi connectivity index (χ1n) is 4.91. The highest BCUT2D eigenvalue weighted by molar-refractivity contribution is 6.73. The molecule has 2 nitrogen and oxygen atoms in total. The van der Waals surface area contributed by atoms with Gasteiger partial charge < -0.3 is 8.54 Å². The maximum Gasteiger partial charge on any atom is 0.194 e. The van der Waals surface area contributed by atoms with Crippen LogP contribution in [0.4, 0.5) is 0 Å². The Morgan fingerprint density at radius 3 is 2.23 bits per heavy atom. The molecule has 0 fully saturated rings. The average Bonchev–Trinajstić information content (AvgIpc) is 2.00. The highest BCUT2D eigenvalue weighted by atomic mass is 28.4. The van der Waals surface area contributed by atoms with Gasteiger partial charge in [-0.1, -0.05) is 0 Å². The SMILES string of the molecule is CO[Si](C)(C)CC[Si](C)O[SiH](C)C. The van der Waals surface area contributed by atoms with Gasteiger partial charge in [-0.3, -0.25) is 0 Å². The molecule has 0 saturated heterocycles. The Labute approximate surface area is 87.2 Å². The molecule has 0 bridgehead atoms. The predicted octanol–water partition coefficient (Wildman–Crippen LogP) is 2.46. The van der Waals surface area contributed by atoms with E-state index in [1.165, 1.54) is 12.1 Å². The van der Waals surface area contributed by atoms with Crippen LogP contribution in [0.3, 0.4) is 0 Å². The van der Waals surface area contributed by atoms with Gasteiger partial charge in [0.2, 0.25) is 0 Å². The lowest BCUT2D eigenvalue weighted by molar-refractivity contribution is 0.404. The summed E-state index contributed by atoms with van der Waals surface area (Å²) in [5.41, 5.74) is 0. The number of rotatable bonds is 6. The van der Waals surface area contributed by atoms with Crippen LogP contribution in [0.25, 0.3) is 0 Å². The van der Waals surface area contributed by atoms with Crippen molar-refractivity contribution in [2.75, 3.05) is 7.11 Å². The van der Waals surface area contributed by atoms with Crippen LogP contribution >= 0.6 is 0 Å². The third-order valence-electron chi connectivity index (χ3n) is 2.07. The Morgan fingerprint density at radius 2 is 1.85 bits per heavy atom. The minimum absolute atomic E-state index is 0.515. The van der Waals surface area contributed by atoms with Crippen molar-refractivity contribution in [1.82, 2.24) is 0 Å². The minimum Gasteiger partial charge on any atom is -0.458 e. The summed E-state index contributed by atoms with van der Waals surface area (Å²) >= 11 is 0. The molecule has 0 aliphatic carbocycles. The van der Waals surface area contributed by atoms with Crippen molar-refractivity contribution in [3.8, 4) is 0 Å². The van der Waals surface area contributed by atoms with Crippen molar-refractivity contribution in [2.24, 2.45) is 0 Å². The first kappa shape index (κ1) is 13.6. The molecule has 0 aromatic rings. The van der Waals surface area contributed by atoms with Crippen LogP contribution in [0.15, 0.2) is 0 Å². The Bertz CT molecular complexity index is 139. The maximum absolute atomic E-state index is 5.90. The van der Waals surface area contributed by atoms with E-state index in [0.29, 0.717) is 0 Å². The lowest BCUT2D eigenvalue weighted by atomic mass is 10.9. The zero-order chi connectivity index (χ0) is 10.5. The topological polar surface area (TPSA) is 18.5 Å². The summed E-state index contributed by atoms with van der Waals surface area (Å²) in [7, 11) is -0.809. The van der Waals surface area contributed by atoms with Gasteiger partial charge in [-0.05, 0) is 44.8 Å². The van der Waals surface area contributed by atoms with Crippen LogP contribution in [0.5, 0.6) is 0 Å². The fourth-order valence-corrected chi connectivity index (χ4v) is 8.75. The summed E-state index contributed by atoms with van der Waals surface area (Å²) in [6, 6.07) is 2.50. The van der Waals surface area contributed by atoms with Gasteiger partial charge in [0.25, 0.3) is 0 Å². The molecule has 0 unspecified atom stereocenters. The number of hydrogen-bond donors (Lipinski definition) is 0. The summed E-state index contributed by atoms with van der Waals surface area (Å²) in [6.45, 7) is 11.3. The molecular weight excluding hydrogens is 212 g/mol. The van der Waals surface area contributed by atoms with Crippen LogP contribution in [0.2, 0.25) is 44.8 Å². The molecule has 0 N–H and O–H groups in total. The third kappa shape index (κ3) is 7.63. The molecule has 0 aromatic heterocycles. The zero-order valence-electron chi connectivity index (χ0n) is 9.81. The average molecular weight is 236 g/mol. The molecule has 0 aliphatic heterocycles. The van der Waals surface area contributed by atoms with Crippen LogP contribution in [0.1, 0.15) is 0 Å². The van der Waals surface area contributed by atoms with E-state index in [4.69, 9.17) is 8.54 Å². The fraction of sp³-hybridized carbons (Fsp3) is 1.00. The lowest BCUT2D eigenvalue weighted by Crippen LogP contribution is -2.31. The minimum atomic E-state index is -1.33. The van der Waals surface area contributed by atoms with E-state index in [-0.39, 0.29) is 0 Å². The van der Waals surface area contributed by atoms with Crippen molar-refractivity contribution < 1.29 is 8.54 Å². The Morgan fingerprint density at radius 1 is 1.31 bits per heavy atom. The standard InChI is InChI=1S/C8H23O2Si3/c1-9-13(5,6)8-7-12(4)10-11(2)3/h11H,7-8H2,1-6H3. The summed E-state index contributed by atoms with van der Waals surface area (Å²) in [5.74, 6) is 0. The van der Waals surface area contributed by atoms with Crippen LogP contribution in [0, 0.1) is 0 Å². The van der Waals surface area contributed by atoms with Gasteiger partial charge in [-0.25, -0.2) is 0 Å². The van der Waals surface area contributed by atoms with E-state index in [9.17, 15) is 0 Å². The molecule has 0 saturated carbocycles. The second kappa shape index (κ2) is 6.13. The second-order valence-electron chi connectivity index (χ2n) is 4.33. The quantitative estimate of drug-likeness (QED) is 0.659. The first-order chi connectivity index (χ1) is 5.87. The summed E-state index contributed by atoms with van der Waals surface area (Å²) in [4.78, 5) is 0. The van der Waals surface area contributed by atoms with E-state index >= 15 is 0 Å². The van der Waals surface area contributed by atoms with Gasteiger partial charge in [0.05, 0.1) is 0 Å². The fourth-order valence-electron chi connectivity index (χ4n) is 1.04. The third-order valence-corrected chi connectivity index (χ3v) is 9.58. The van der Waals surface area contributed by atoms with Gasteiger partial charge in [-0.15, -0.1) is 0 Å². The van der Waals surface area contributed by atoms with Gasteiger partial charge in [0.15, 0.2) is 26.4 Å². The van der Waals surface area contributed by atoms with E-state index in [1.54, 1.807) is 0 Å². The molecule has 79 valence electrons. The molecule has 0 aliphatic rings. The molecule has 13 heavy (non-hydrogen) atoms. The van der Waals surface area contributed by atoms with Gasteiger partial charge in [-0.2, -0.15) is 0 Å². The van der Waals surface area contributed by atoms with Crippen LogP contribution in [-0.2, 0) is 8.54 Å². The van der Waals surface area contributed by atoms with E-state index < -0.39 is 26.4 Å². The van der Waals surface area contributed by atoms with Crippen molar-refractivity contribution in [3.63, 3.8) is 0 Å². The molecule has 0 spiro atoms. The van der Waals surface area contributed by atoms with Crippen molar-refractivity contribution in [2.45, 2.75) is 44.8 Å². The molecule has 0 rings (SSSR count). The van der Waals surface area contributed by atoms with E-state index in [0.717, 1.165) is 0 Å². The Kier molecular flexibility index (Phi) is 6.40. The summed E-state index contributed by atoms with van der Waals surface area (Å²) in [5, 5.41) is 0. The van der Waals surface area contributed by atoms with Gasteiger partial charge >= 0.3 is 0 Å². The zero-order valence-corrected chi connectivity index (χ0v) is 13.0. The Balaban J connectivity index is 3.63. The second-order valence-corrected chi connectivity index (χ2v) is 13.7. The largest absolute Gasteiger partial charge is 0.458 e. The molecule has 0 atom stereocenters. The maximum atomic E-state index is 5.90. The van der Waals surface area contributed by atoms with E-state index in [1.807, 2.05) is 7.11 Å². The normalized spacial score (nSPS) is 12.9.